The largest absolute Gasteiger partial charge is 0.464 e. The number of hydrogen-bond donors (Lipinski definition) is 0. The lowest BCUT2D eigenvalue weighted by atomic mass is 9.93. The minimum atomic E-state index is -0.420. The van der Waals surface area contributed by atoms with Crippen LogP contribution < -0.4 is 4.74 Å². The van der Waals surface area contributed by atoms with Gasteiger partial charge in [-0.2, -0.15) is 5.10 Å². The summed E-state index contributed by atoms with van der Waals surface area (Å²) >= 11 is 6.28. The van der Waals surface area contributed by atoms with Gasteiger partial charge in [0.2, 0.25) is 6.23 Å². The molecular weight excluding hydrogens is 387 g/mol. The minimum absolute atomic E-state index is 0.0161. The van der Waals surface area contributed by atoms with Crippen molar-refractivity contribution in [2.45, 2.75) is 32.5 Å². The maximum atomic E-state index is 13.5. The summed E-state index contributed by atoms with van der Waals surface area (Å²) in [7, 11) is 0. The molecule has 0 amide bonds. The molecule has 5 heteroatoms. The van der Waals surface area contributed by atoms with Crippen LogP contribution in [0.25, 0.3) is 0 Å². The molecule has 0 aliphatic carbocycles. The Balaban J connectivity index is 1.62. The smallest absolute Gasteiger partial charge is 0.213 e. The Morgan fingerprint density at radius 1 is 1.03 bits per heavy atom. The lowest BCUT2D eigenvalue weighted by Gasteiger charge is -2.38. The predicted octanol–water partition coefficient (Wildman–Crippen LogP) is 6.34. The molecular formula is C24H20ClFN2O. The molecule has 0 N–H and O–H groups in total. The topological polar surface area (TPSA) is 24.8 Å². The van der Waals surface area contributed by atoms with Crippen LogP contribution in [0, 0.1) is 19.7 Å². The van der Waals surface area contributed by atoms with Crippen LogP contribution in [0.1, 0.15) is 46.5 Å². The van der Waals surface area contributed by atoms with Crippen LogP contribution in [-0.4, -0.2) is 10.7 Å². The average molecular weight is 407 g/mol. The van der Waals surface area contributed by atoms with Gasteiger partial charge in [-0.1, -0.05) is 41.4 Å². The first-order valence-electron chi connectivity index (χ1n) is 9.64. The summed E-state index contributed by atoms with van der Waals surface area (Å²) in [5, 5.41) is 7.64. The van der Waals surface area contributed by atoms with E-state index in [-0.39, 0.29) is 11.9 Å². The molecule has 2 aliphatic heterocycles. The van der Waals surface area contributed by atoms with E-state index in [4.69, 9.17) is 21.4 Å². The van der Waals surface area contributed by atoms with Gasteiger partial charge >= 0.3 is 0 Å². The molecule has 0 unspecified atom stereocenters. The highest BCUT2D eigenvalue weighted by Crippen LogP contribution is 2.48. The van der Waals surface area contributed by atoms with Crippen molar-refractivity contribution in [2.75, 3.05) is 0 Å². The molecule has 0 aromatic heterocycles. The van der Waals surface area contributed by atoms with E-state index in [1.165, 1.54) is 23.3 Å². The predicted molar refractivity (Wildman–Crippen MR) is 113 cm³/mol. The number of ether oxygens (including phenoxy) is 1. The number of rotatable bonds is 2. The summed E-state index contributed by atoms with van der Waals surface area (Å²) in [6.07, 6.45) is 0.343. The molecule has 0 spiro atoms. The first kappa shape index (κ1) is 18.2. The zero-order valence-electron chi connectivity index (χ0n) is 16.2. The number of nitrogens with zero attached hydrogens (tertiary/aromatic N) is 2. The molecule has 0 fully saturated rings. The second kappa shape index (κ2) is 6.89. The van der Waals surface area contributed by atoms with Gasteiger partial charge in [0, 0.05) is 28.1 Å². The Labute approximate surface area is 174 Å². The van der Waals surface area contributed by atoms with Crippen molar-refractivity contribution in [1.82, 2.24) is 5.01 Å². The van der Waals surface area contributed by atoms with Gasteiger partial charge in [0.1, 0.15) is 11.6 Å². The highest BCUT2D eigenvalue weighted by molar-refractivity contribution is 6.30. The number of fused-ring (bicyclic) bond motifs is 3. The van der Waals surface area contributed by atoms with E-state index in [0.717, 1.165) is 34.6 Å². The zero-order chi connectivity index (χ0) is 20.1. The van der Waals surface area contributed by atoms with Gasteiger partial charge in [-0.05, 0) is 55.8 Å². The fourth-order valence-corrected chi connectivity index (χ4v) is 4.30. The minimum Gasteiger partial charge on any atom is -0.464 e. The number of aryl methyl sites for hydroxylation is 2. The Bertz CT molecular complexity index is 1130. The first-order chi connectivity index (χ1) is 14.0. The second-order valence-electron chi connectivity index (χ2n) is 7.67. The van der Waals surface area contributed by atoms with E-state index in [0.29, 0.717) is 5.02 Å². The lowest BCUT2D eigenvalue weighted by molar-refractivity contribution is -0.0190. The molecule has 0 radical (unpaired) electrons. The van der Waals surface area contributed by atoms with Gasteiger partial charge in [0.15, 0.2) is 0 Å². The van der Waals surface area contributed by atoms with Crippen molar-refractivity contribution in [3.05, 3.63) is 99.3 Å². The fraction of sp³-hybridized carbons (Fsp3) is 0.208. The maximum absolute atomic E-state index is 13.5. The van der Waals surface area contributed by atoms with Crippen molar-refractivity contribution in [3.63, 3.8) is 0 Å². The molecule has 5 rings (SSSR count). The fourth-order valence-electron chi connectivity index (χ4n) is 4.11. The van der Waals surface area contributed by atoms with Crippen LogP contribution >= 0.6 is 11.6 Å². The summed E-state index contributed by atoms with van der Waals surface area (Å²) < 4.78 is 19.8. The highest BCUT2D eigenvalue weighted by Gasteiger charge is 2.41. The van der Waals surface area contributed by atoms with Gasteiger partial charge in [-0.3, -0.25) is 0 Å². The molecule has 2 aliphatic rings. The third kappa shape index (κ3) is 3.18. The van der Waals surface area contributed by atoms with Crippen LogP contribution in [0.5, 0.6) is 5.75 Å². The zero-order valence-corrected chi connectivity index (χ0v) is 16.9. The van der Waals surface area contributed by atoms with Gasteiger partial charge in [-0.15, -0.1) is 0 Å². The molecule has 2 atom stereocenters. The van der Waals surface area contributed by atoms with Crippen LogP contribution in [0.3, 0.4) is 0 Å². The Kier molecular flexibility index (Phi) is 4.32. The molecule has 0 saturated carbocycles. The number of hydrazone groups is 1. The summed E-state index contributed by atoms with van der Waals surface area (Å²) in [6.45, 7) is 4.19. The summed E-state index contributed by atoms with van der Waals surface area (Å²) in [5.74, 6) is 0.525. The van der Waals surface area contributed by atoms with Gasteiger partial charge < -0.3 is 4.74 Å². The van der Waals surface area contributed by atoms with E-state index in [2.05, 4.69) is 32.0 Å². The maximum Gasteiger partial charge on any atom is 0.213 e. The SMILES string of the molecule is Cc1ccc(C)c(C2=NN3[C@@H](c4ccc(F)cc4)Oc4ccc(Cl)cc4[C@@H]3C2)c1. The monoisotopic (exact) mass is 406 g/mol. The van der Waals surface area contributed by atoms with E-state index in [1.54, 1.807) is 12.1 Å². The standard InChI is InChI=1S/C24H20ClFN2O/c1-14-3-4-15(2)19(11-14)21-13-22-20-12-17(25)7-10-23(20)29-24(28(22)27-21)16-5-8-18(26)9-6-16/h3-12,22,24H,13H2,1-2H3/t22-,24+/m0/s1. The molecule has 0 saturated heterocycles. The third-order valence-corrected chi connectivity index (χ3v) is 5.85. The van der Waals surface area contributed by atoms with Gasteiger partial charge in [0.25, 0.3) is 0 Å². The molecule has 3 aromatic carbocycles. The quantitative estimate of drug-likeness (QED) is 0.496. The molecule has 2 heterocycles. The average Bonchev–Trinajstić information content (AvgIpc) is 3.15. The van der Waals surface area contributed by atoms with Crippen molar-refractivity contribution in [1.29, 1.82) is 0 Å². The second-order valence-corrected chi connectivity index (χ2v) is 8.11. The molecule has 146 valence electrons. The molecule has 3 aromatic rings. The van der Waals surface area contributed by atoms with Crippen molar-refractivity contribution in [2.24, 2.45) is 5.10 Å². The van der Waals surface area contributed by atoms with Crippen molar-refractivity contribution >= 4 is 17.3 Å². The normalized spacial score (nSPS) is 20.0. The molecule has 3 nitrogen and oxygen atoms in total. The van der Waals surface area contributed by atoms with E-state index < -0.39 is 6.23 Å². The van der Waals surface area contributed by atoms with Crippen molar-refractivity contribution < 1.29 is 9.13 Å². The van der Waals surface area contributed by atoms with E-state index in [1.807, 2.05) is 23.2 Å². The Morgan fingerprint density at radius 3 is 2.62 bits per heavy atom. The summed E-state index contributed by atoms with van der Waals surface area (Å²) in [5.41, 5.74) is 6.47. The van der Waals surface area contributed by atoms with E-state index >= 15 is 0 Å². The van der Waals surface area contributed by atoms with Gasteiger partial charge in [0.05, 0.1) is 11.8 Å². The highest BCUT2D eigenvalue weighted by atomic mass is 35.5. The number of halogens is 2. The first-order valence-corrected chi connectivity index (χ1v) is 10.0. The summed E-state index contributed by atoms with van der Waals surface area (Å²) in [4.78, 5) is 0. The van der Waals surface area contributed by atoms with Crippen LogP contribution in [0.2, 0.25) is 5.02 Å². The molecule has 29 heavy (non-hydrogen) atoms. The van der Waals surface area contributed by atoms with E-state index in [9.17, 15) is 4.39 Å². The van der Waals surface area contributed by atoms with Gasteiger partial charge in [-0.25, -0.2) is 9.40 Å². The Morgan fingerprint density at radius 2 is 1.83 bits per heavy atom. The van der Waals surface area contributed by atoms with Crippen LogP contribution in [0.15, 0.2) is 65.8 Å². The van der Waals surface area contributed by atoms with Crippen LogP contribution in [-0.2, 0) is 0 Å². The third-order valence-electron chi connectivity index (χ3n) is 5.61. The summed E-state index contributed by atoms with van der Waals surface area (Å²) in [6, 6.07) is 18.5. The van der Waals surface area contributed by atoms with Crippen molar-refractivity contribution in [3.8, 4) is 5.75 Å². The molecule has 0 bridgehead atoms. The number of hydrogen-bond acceptors (Lipinski definition) is 3. The lowest BCUT2D eigenvalue weighted by Crippen LogP contribution is -2.33. The number of benzene rings is 3. The Hall–Kier alpha value is -2.85. The van der Waals surface area contributed by atoms with Crippen LogP contribution in [0.4, 0.5) is 4.39 Å².